The van der Waals surface area contributed by atoms with Crippen LogP contribution in [0.15, 0.2) is 227 Å². The number of benzene rings is 10. The molecule has 60 heavy (non-hydrogen) atoms. The summed E-state index contributed by atoms with van der Waals surface area (Å²) in [6.45, 7) is 0. The Kier molecular flexibility index (Phi) is 7.82. The lowest BCUT2D eigenvalue weighted by molar-refractivity contribution is 0.647. The second kappa shape index (κ2) is 13.8. The summed E-state index contributed by atoms with van der Waals surface area (Å²) in [4.78, 5) is 4.71. The molecule has 2 heterocycles. The molecule has 0 fully saturated rings. The lowest BCUT2D eigenvalue weighted by atomic mass is 9.86. The third kappa shape index (κ3) is 5.32. The molecule has 10 aromatic carbocycles. The van der Waals surface area contributed by atoms with Crippen molar-refractivity contribution >= 4 is 78.0 Å². The standard InChI is InChI=1S/C56H36N2O2/c1-7-19-37(20-8-1)45-35-47(57(39-23-11-3-12-24-39)40-25-13-4-14-26-40)43-31-34-50-53-51(43)55(45)59-49-33-32-44-48(58(41-27-15-5-16-28-41)42-29-17-6-18-30-42)36-46(38-21-9-2-10-22-38)56(60-50)52(44)54(49)53/h1-36H. The van der Waals surface area contributed by atoms with Gasteiger partial charge >= 0.3 is 0 Å². The minimum Gasteiger partial charge on any atom is -0.455 e. The number of para-hydroxylation sites is 4. The zero-order valence-electron chi connectivity index (χ0n) is 32.5. The van der Waals surface area contributed by atoms with Crippen LogP contribution in [0.25, 0.3) is 77.3 Å². The average Bonchev–Trinajstić information content (AvgIpc) is 3.32. The zero-order valence-corrected chi connectivity index (χ0v) is 32.5. The van der Waals surface area contributed by atoms with E-state index in [1.54, 1.807) is 0 Å². The van der Waals surface area contributed by atoms with Crippen LogP contribution in [0.4, 0.5) is 34.1 Å². The molecule has 0 aliphatic carbocycles. The molecular weight excluding hydrogens is 733 g/mol. The van der Waals surface area contributed by atoms with Crippen LogP contribution < -0.4 is 9.80 Å². The van der Waals surface area contributed by atoms with Crippen LogP contribution in [-0.2, 0) is 0 Å². The van der Waals surface area contributed by atoms with E-state index in [-0.39, 0.29) is 0 Å². The average molecular weight is 769 g/mol. The lowest BCUT2D eigenvalue weighted by Crippen LogP contribution is -2.12. The topological polar surface area (TPSA) is 32.8 Å². The minimum atomic E-state index is 0.809. The van der Waals surface area contributed by atoms with Crippen molar-refractivity contribution in [3.8, 4) is 33.4 Å². The van der Waals surface area contributed by atoms with Crippen molar-refractivity contribution in [3.63, 3.8) is 0 Å². The second-order valence-electron chi connectivity index (χ2n) is 15.2. The van der Waals surface area contributed by atoms with Crippen molar-refractivity contribution in [1.29, 1.82) is 0 Å². The van der Waals surface area contributed by atoms with Gasteiger partial charge in [0.2, 0.25) is 0 Å². The summed E-state index contributed by atoms with van der Waals surface area (Å²) in [5, 5.41) is 4.20. The predicted octanol–water partition coefficient (Wildman–Crippen LogP) is 16.3. The summed E-state index contributed by atoms with van der Waals surface area (Å²) in [6, 6.07) is 76.9. The maximum atomic E-state index is 7.30. The molecule has 4 heteroatoms. The first-order valence-electron chi connectivity index (χ1n) is 20.3. The van der Waals surface area contributed by atoms with Crippen molar-refractivity contribution in [2.24, 2.45) is 0 Å². The quantitative estimate of drug-likeness (QED) is 0.114. The summed E-state index contributed by atoms with van der Waals surface area (Å²) in [5.41, 5.74) is 15.9. The fourth-order valence-electron chi connectivity index (χ4n) is 9.19. The van der Waals surface area contributed by atoms with Crippen molar-refractivity contribution in [2.75, 3.05) is 9.80 Å². The molecular formula is C56H36N2O2. The van der Waals surface area contributed by atoms with Crippen molar-refractivity contribution in [3.05, 3.63) is 218 Å². The number of hydrogen-bond acceptors (Lipinski definition) is 4. The van der Waals surface area contributed by atoms with Crippen LogP contribution in [-0.4, -0.2) is 0 Å². The molecule has 0 aromatic heterocycles. The summed E-state index contributed by atoms with van der Waals surface area (Å²) < 4.78 is 14.6. The molecule has 0 atom stereocenters. The number of hydrogen-bond donors (Lipinski definition) is 0. The highest BCUT2D eigenvalue weighted by atomic mass is 16.3. The Morgan fingerprint density at radius 3 is 0.917 bits per heavy atom. The largest absolute Gasteiger partial charge is 0.455 e. The zero-order chi connectivity index (χ0) is 39.6. The maximum absolute atomic E-state index is 7.30. The highest BCUT2D eigenvalue weighted by Gasteiger charge is 2.31. The molecule has 2 aliphatic heterocycles. The van der Waals surface area contributed by atoms with Crippen LogP contribution in [0.3, 0.4) is 0 Å². The molecule has 0 amide bonds. The van der Waals surface area contributed by atoms with E-state index in [1.165, 1.54) is 0 Å². The molecule has 10 aromatic rings. The van der Waals surface area contributed by atoms with Gasteiger partial charge < -0.3 is 18.6 Å². The number of anilines is 6. The first-order valence-corrected chi connectivity index (χ1v) is 20.3. The number of nitrogens with zero attached hydrogens (tertiary/aromatic N) is 2. The monoisotopic (exact) mass is 768 g/mol. The second-order valence-corrected chi connectivity index (χ2v) is 15.2. The van der Waals surface area contributed by atoms with Crippen LogP contribution >= 0.6 is 0 Å². The summed E-state index contributed by atoms with van der Waals surface area (Å²) in [5.74, 6) is 0. The SMILES string of the molecule is c1ccc(-c2cc(N(c3ccccc3)c3ccccc3)c3ccc4oc5c(-c6ccccc6)cc(N(c6ccccc6)c6ccccc6)c6ccc7oc2c3c4-c7c65)cc1. The predicted molar refractivity (Wildman–Crippen MR) is 249 cm³/mol. The van der Waals surface area contributed by atoms with Crippen molar-refractivity contribution < 1.29 is 8.83 Å². The molecule has 0 bridgehead atoms. The van der Waals surface area contributed by atoms with Gasteiger partial charge in [-0.1, -0.05) is 133 Å². The van der Waals surface area contributed by atoms with Gasteiger partial charge in [-0.05, 0) is 96.1 Å². The van der Waals surface area contributed by atoms with Gasteiger partial charge in [-0.3, -0.25) is 0 Å². The van der Waals surface area contributed by atoms with Crippen LogP contribution in [0.5, 0.6) is 0 Å². The van der Waals surface area contributed by atoms with Gasteiger partial charge in [-0.15, -0.1) is 0 Å². The molecule has 0 spiro atoms. The molecule has 0 saturated heterocycles. The Balaban J connectivity index is 1.25. The third-order valence-corrected chi connectivity index (χ3v) is 11.8. The van der Waals surface area contributed by atoms with Gasteiger partial charge in [0.1, 0.15) is 22.3 Å². The van der Waals surface area contributed by atoms with E-state index in [0.717, 1.165) is 111 Å². The molecule has 4 nitrogen and oxygen atoms in total. The smallest absolute Gasteiger partial charge is 0.144 e. The van der Waals surface area contributed by atoms with Gasteiger partial charge in [-0.25, -0.2) is 0 Å². The molecule has 2 aliphatic rings. The van der Waals surface area contributed by atoms with E-state index in [2.05, 4.69) is 228 Å². The molecule has 0 saturated carbocycles. The van der Waals surface area contributed by atoms with Crippen molar-refractivity contribution in [2.45, 2.75) is 0 Å². The van der Waals surface area contributed by atoms with E-state index in [9.17, 15) is 0 Å². The van der Waals surface area contributed by atoms with E-state index in [4.69, 9.17) is 8.83 Å². The van der Waals surface area contributed by atoms with E-state index < -0.39 is 0 Å². The number of rotatable bonds is 8. The van der Waals surface area contributed by atoms with Crippen molar-refractivity contribution in [1.82, 2.24) is 0 Å². The minimum absolute atomic E-state index is 0.809. The van der Waals surface area contributed by atoms with Gasteiger partial charge in [-0.2, -0.15) is 0 Å². The van der Waals surface area contributed by atoms with Gasteiger partial charge in [0.05, 0.1) is 11.4 Å². The Morgan fingerprint density at radius 2 is 0.600 bits per heavy atom. The van der Waals surface area contributed by atoms with Gasteiger partial charge in [0.15, 0.2) is 0 Å². The van der Waals surface area contributed by atoms with Gasteiger partial charge in [0, 0.05) is 66.5 Å². The van der Waals surface area contributed by atoms with E-state index in [0.29, 0.717) is 0 Å². The summed E-state index contributed by atoms with van der Waals surface area (Å²) in [6.07, 6.45) is 0. The molecule has 12 rings (SSSR count). The fraction of sp³-hybridized carbons (Fsp3) is 0. The van der Waals surface area contributed by atoms with E-state index >= 15 is 0 Å². The first kappa shape index (κ1) is 34.0. The van der Waals surface area contributed by atoms with Crippen LogP contribution in [0.1, 0.15) is 0 Å². The Labute approximate surface area is 347 Å². The van der Waals surface area contributed by atoms with E-state index in [1.807, 2.05) is 0 Å². The molecule has 0 radical (unpaired) electrons. The highest BCUT2D eigenvalue weighted by Crippen LogP contribution is 2.56. The first-order chi connectivity index (χ1) is 29.8. The van der Waals surface area contributed by atoms with Gasteiger partial charge in [0.25, 0.3) is 0 Å². The lowest BCUT2D eigenvalue weighted by Gasteiger charge is -2.30. The summed E-state index contributed by atoms with van der Waals surface area (Å²) in [7, 11) is 0. The molecule has 282 valence electrons. The molecule has 0 unspecified atom stereocenters. The Hall–Kier alpha value is -8.08. The highest BCUT2D eigenvalue weighted by molar-refractivity contribution is 6.29. The van der Waals surface area contributed by atoms with Crippen LogP contribution in [0, 0.1) is 0 Å². The normalized spacial score (nSPS) is 11.7. The maximum Gasteiger partial charge on any atom is 0.144 e. The molecule has 0 N–H and O–H groups in total. The fourth-order valence-corrected chi connectivity index (χ4v) is 9.19. The Bertz CT molecular complexity index is 3090. The van der Waals surface area contributed by atoms with Crippen LogP contribution in [0.2, 0.25) is 0 Å². The summed E-state index contributed by atoms with van der Waals surface area (Å²) >= 11 is 0. The third-order valence-electron chi connectivity index (χ3n) is 11.8. The Morgan fingerprint density at radius 1 is 0.300 bits per heavy atom.